The molecule has 1 aliphatic heterocycles. The van der Waals surface area contributed by atoms with Crippen LogP contribution in [-0.2, 0) is 23.7 Å². The molecule has 3 amide bonds. The number of fused-ring (bicyclic) bond motifs is 1. The van der Waals surface area contributed by atoms with Gasteiger partial charge in [-0.15, -0.1) is 0 Å². The second-order valence-electron chi connectivity index (χ2n) is 7.84. The van der Waals surface area contributed by atoms with E-state index in [4.69, 9.17) is 0 Å². The van der Waals surface area contributed by atoms with Crippen molar-refractivity contribution in [3.8, 4) is 0 Å². The maximum Gasteiger partial charge on any atom is 0.328 e. The maximum absolute atomic E-state index is 12.8. The van der Waals surface area contributed by atoms with Crippen molar-refractivity contribution in [2.45, 2.75) is 13.8 Å². The van der Waals surface area contributed by atoms with Crippen LogP contribution in [0.25, 0.3) is 17.1 Å². The fourth-order valence-corrected chi connectivity index (χ4v) is 4.63. The number of hydrogen-bond acceptors (Lipinski definition) is 5. The lowest BCUT2D eigenvalue weighted by Crippen LogP contribution is -2.36. The summed E-state index contributed by atoms with van der Waals surface area (Å²) >= 11 is 0.793. The van der Waals surface area contributed by atoms with Gasteiger partial charge in [-0.3, -0.25) is 28.4 Å². The Bertz CT molecular complexity index is 1360. The molecule has 0 atom stereocenters. The van der Waals surface area contributed by atoms with E-state index in [0.717, 1.165) is 38.8 Å². The molecule has 0 saturated carbocycles. The first-order valence-electron chi connectivity index (χ1n) is 9.93. The van der Waals surface area contributed by atoms with Crippen molar-refractivity contribution < 1.29 is 14.4 Å². The van der Waals surface area contributed by atoms with Crippen molar-refractivity contribution >= 4 is 51.6 Å². The van der Waals surface area contributed by atoms with Crippen molar-refractivity contribution in [1.29, 1.82) is 0 Å². The summed E-state index contributed by atoms with van der Waals surface area (Å²) in [5.41, 5.74) is 4.65. The first kappa shape index (κ1) is 21.6. The van der Waals surface area contributed by atoms with Crippen LogP contribution < -0.4 is 11.0 Å². The zero-order valence-corrected chi connectivity index (χ0v) is 18.9. The Balaban J connectivity index is 1.53. The van der Waals surface area contributed by atoms with E-state index in [1.165, 1.54) is 4.57 Å². The van der Waals surface area contributed by atoms with Crippen LogP contribution in [0.4, 0.5) is 10.5 Å². The number of nitrogens with zero attached hydrogens (tertiary/aromatic N) is 3. The highest BCUT2D eigenvalue weighted by atomic mass is 32.2. The normalized spacial score (nSPS) is 15.2. The number of amides is 3. The number of hydrogen-bond donors (Lipinski definition) is 1. The molecule has 3 aromatic rings. The monoisotopic (exact) mass is 450 g/mol. The fourth-order valence-electron chi connectivity index (χ4n) is 3.79. The first-order chi connectivity index (χ1) is 15.1. The smallest absolute Gasteiger partial charge is 0.325 e. The average molecular weight is 451 g/mol. The number of anilines is 1. The van der Waals surface area contributed by atoms with E-state index in [0.29, 0.717) is 11.3 Å². The molecule has 0 unspecified atom stereocenters. The van der Waals surface area contributed by atoms with Gasteiger partial charge in [0.25, 0.3) is 11.1 Å². The predicted octanol–water partition coefficient (Wildman–Crippen LogP) is 3.17. The SMILES string of the molecule is Cc1cc(C)cc(NC(=O)CN2C(=O)S/C(=C/c3ccc4c(c3)n(C)c(=O)n4C)C2=O)c1. The molecule has 4 rings (SSSR count). The van der Waals surface area contributed by atoms with E-state index in [1.54, 1.807) is 42.9 Å². The molecular formula is C23H22N4O4S. The fraction of sp³-hybridized carbons (Fsp3) is 0.217. The highest BCUT2D eigenvalue weighted by molar-refractivity contribution is 8.18. The van der Waals surface area contributed by atoms with Gasteiger partial charge < -0.3 is 5.32 Å². The zero-order valence-electron chi connectivity index (χ0n) is 18.1. The Hall–Kier alpha value is -3.59. The van der Waals surface area contributed by atoms with Gasteiger partial charge in [0, 0.05) is 19.8 Å². The number of carbonyl (C=O) groups excluding carboxylic acids is 3. The van der Waals surface area contributed by atoms with Gasteiger partial charge >= 0.3 is 5.69 Å². The lowest BCUT2D eigenvalue weighted by Gasteiger charge is -2.13. The summed E-state index contributed by atoms with van der Waals surface area (Å²) in [5, 5.41) is 2.25. The Kier molecular flexibility index (Phi) is 5.52. The van der Waals surface area contributed by atoms with Crippen LogP contribution in [0.5, 0.6) is 0 Å². The summed E-state index contributed by atoms with van der Waals surface area (Å²) in [6, 6.07) is 11.0. The van der Waals surface area contributed by atoms with Gasteiger partial charge in [0.15, 0.2) is 0 Å². The van der Waals surface area contributed by atoms with Crippen molar-refractivity contribution in [2.24, 2.45) is 14.1 Å². The van der Waals surface area contributed by atoms with Gasteiger partial charge in [0.05, 0.1) is 15.9 Å². The van der Waals surface area contributed by atoms with Crippen molar-refractivity contribution in [3.05, 3.63) is 68.5 Å². The van der Waals surface area contributed by atoms with Crippen LogP contribution in [0.2, 0.25) is 0 Å². The van der Waals surface area contributed by atoms with Gasteiger partial charge in [-0.25, -0.2) is 4.79 Å². The summed E-state index contributed by atoms with van der Waals surface area (Å²) in [6.45, 7) is 3.49. The van der Waals surface area contributed by atoms with Crippen molar-refractivity contribution in [2.75, 3.05) is 11.9 Å². The van der Waals surface area contributed by atoms with E-state index in [9.17, 15) is 19.2 Å². The van der Waals surface area contributed by atoms with E-state index in [-0.39, 0.29) is 17.1 Å². The highest BCUT2D eigenvalue weighted by Gasteiger charge is 2.36. The third-order valence-electron chi connectivity index (χ3n) is 5.27. The molecule has 0 spiro atoms. The molecule has 1 aliphatic rings. The highest BCUT2D eigenvalue weighted by Crippen LogP contribution is 2.32. The molecule has 2 aromatic carbocycles. The molecule has 1 N–H and O–H groups in total. The molecule has 164 valence electrons. The molecule has 1 saturated heterocycles. The summed E-state index contributed by atoms with van der Waals surface area (Å²) in [4.78, 5) is 50.9. The second kappa shape index (κ2) is 8.16. The lowest BCUT2D eigenvalue weighted by molar-refractivity contribution is -0.127. The van der Waals surface area contributed by atoms with Gasteiger partial charge in [-0.05, 0) is 72.6 Å². The number of imide groups is 1. The quantitative estimate of drug-likeness (QED) is 0.617. The third kappa shape index (κ3) is 3.99. The summed E-state index contributed by atoms with van der Waals surface area (Å²) in [6.07, 6.45) is 1.60. The number of aryl methyl sites for hydroxylation is 4. The van der Waals surface area contributed by atoms with Crippen LogP contribution >= 0.6 is 11.8 Å². The van der Waals surface area contributed by atoms with Gasteiger partial charge in [-0.1, -0.05) is 12.1 Å². The molecule has 0 aliphatic carbocycles. The molecule has 0 bridgehead atoms. The summed E-state index contributed by atoms with van der Waals surface area (Å²) < 4.78 is 3.07. The number of rotatable bonds is 4. The Labute approximate surface area is 188 Å². The van der Waals surface area contributed by atoms with Crippen molar-refractivity contribution in [1.82, 2.24) is 14.0 Å². The van der Waals surface area contributed by atoms with Gasteiger partial charge in [-0.2, -0.15) is 0 Å². The second-order valence-corrected chi connectivity index (χ2v) is 8.83. The van der Waals surface area contributed by atoms with E-state index in [2.05, 4.69) is 5.32 Å². The standard InChI is InChI=1S/C23H22N4O4S/c1-13-7-14(2)9-16(8-13)24-20(28)12-27-21(29)19(32-23(27)31)11-15-5-6-17-18(10-15)26(4)22(30)25(17)3/h5-11H,12H2,1-4H3,(H,24,28)/b19-11+. The summed E-state index contributed by atoms with van der Waals surface area (Å²) in [5.74, 6) is -0.961. The van der Waals surface area contributed by atoms with Crippen molar-refractivity contribution in [3.63, 3.8) is 0 Å². The molecule has 1 aromatic heterocycles. The van der Waals surface area contributed by atoms with Crippen LogP contribution in [0, 0.1) is 13.8 Å². The molecule has 2 heterocycles. The van der Waals surface area contributed by atoms with Gasteiger partial charge in [0.1, 0.15) is 6.54 Å². The molecule has 0 radical (unpaired) electrons. The maximum atomic E-state index is 12.8. The van der Waals surface area contributed by atoms with Gasteiger partial charge in [0.2, 0.25) is 5.91 Å². The minimum Gasteiger partial charge on any atom is -0.325 e. The molecule has 1 fully saturated rings. The number of carbonyl (C=O) groups is 3. The minimum absolute atomic E-state index is 0.146. The zero-order chi connectivity index (χ0) is 23.2. The third-order valence-corrected chi connectivity index (χ3v) is 6.18. The van der Waals surface area contributed by atoms with Crippen LogP contribution in [0.3, 0.4) is 0 Å². The molecular weight excluding hydrogens is 428 g/mol. The number of aromatic nitrogens is 2. The Morgan fingerprint density at radius 2 is 1.62 bits per heavy atom. The summed E-state index contributed by atoms with van der Waals surface area (Å²) in [7, 11) is 3.37. The molecule has 32 heavy (non-hydrogen) atoms. The minimum atomic E-state index is -0.516. The molecule has 9 heteroatoms. The lowest BCUT2D eigenvalue weighted by atomic mass is 10.1. The number of thioether (sulfide) groups is 1. The molecule has 8 nitrogen and oxygen atoms in total. The van der Waals surface area contributed by atoms with E-state index >= 15 is 0 Å². The van der Waals surface area contributed by atoms with Crippen LogP contribution in [0.15, 0.2) is 46.1 Å². The number of benzene rings is 2. The number of imidazole rings is 1. The predicted molar refractivity (Wildman–Crippen MR) is 125 cm³/mol. The van der Waals surface area contributed by atoms with E-state index < -0.39 is 17.1 Å². The Morgan fingerprint density at radius 1 is 0.969 bits per heavy atom. The topological polar surface area (TPSA) is 93.4 Å². The van der Waals surface area contributed by atoms with E-state index in [1.807, 2.05) is 32.0 Å². The van der Waals surface area contributed by atoms with Crippen LogP contribution in [-0.4, -0.2) is 37.6 Å². The first-order valence-corrected chi connectivity index (χ1v) is 10.7. The number of nitrogens with one attached hydrogen (secondary N) is 1. The average Bonchev–Trinajstić information content (AvgIpc) is 3.09. The largest absolute Gasteiger partial charge is 0.328 e. The Morgan fingerprint density at radius 3 is 2.31 bits per heavy atom. The van der Waals surface area contributed by atoms with Crippen LogP contribution in [0.1, 0.15) is 16.7 Å².